The van der Waals surface area contributed by atoms with E-state index in [1.807, 2.05) is 0 Å². The maximum atomic E-state index is 12.3. The molecular weight excluding hydrogens is 308 g/mol. The highest BCUT2D eigenvalue weighted by molar-refractivity contribution is 7.87. The molecule has 22 heavy (non-hydrogen) atoms. The molecule has 0 saturated carbocycles. The Balaban J connectivity index is 2.41. The number of carbonyl (C=O) groups is 1. The van der Waals surface area contributed by atoms with Crippen LogP contribution in [0.25, 0.3) is 21.8 Å². The lowest BCUT2D eigenvalue weighted by molar-refractivity contribution is 0.0697. The zero-order valence-electron chi connectivity index (χ0n) is 11.8. The molecule has 3 rings (SSSR count). The third-order valence-corrected chi connectivity index (χ3v) is 4.93. The van der Waals surface area contributed by atoms with Gasteiger partial charge >= 0.3 is 16.2 Å². The fourth-order valence-corrected chi connectivity index (χ4v) is 3.04. The summed E-state index contributed by atoms with van der Waals surface area (Å²) in [6.07, 6.45) is 2.86. The van der Waals surface area contributed by atoms with Crippen molar-refractivity contribution in [1.29, 1.82) is 0 Å². The number of fused-ring (bicyclic) bond motifs is 3. The summed E-state index contributed by atoms with van der Waals surface area (Å²) in [7, 11) is -0.982. The lowest BCUT2D eigenvalue weighted by Crippen LogP contribution is -2.29. The van der Waals surface area contributed by atoms with Crippen molar-refractivity contribution in [3.8, 4) is 0 Å². The number of pyridine rings is 1. The highest BCUT2D eigenvalue weighted by Gasteiger charge is 2.22. The molecule has 9 heteroatoms. The van der Waals surface area contributed by atoms with E-state index in [2.05, 4.69) is 10.1 Å². The van der Waals surface area contributed by atoms with Gasteiger partial charge in [0.25, 0.3) is 0 Å². The molecule has 0 unspecified atom stereocenters. The van der Waals surface area contributed by atoms with Crippen LogP contribution in [0.3, 0.4) is 0 Å². The van der Waals surface area contributed by atoms with Crippen LogP contribution >= 0.6 is 0 Å². The monoisotopic (exact) mass is 320 g/mol. The lowest BCUT2D eigenvalue weighted by Gasteiger charge is -2.12. The summed E-state index contributed by atoms with van der Waals surface area (Å²) in [4.78, 5) is 15.2. The number of carboxylic acid groups (broad SMARTS) is 1. The zero-order chi connectivity index (χ0) is 16.1. The number of nitrogens with zero attached hydrogens (tertiary/aromatic N) is 4. The normalized spacial score (nSPS) is 12.3. The molecule has 1 N–H and O–H groups in total. The van der Waals surface area contributed by atoms with E-state index in [4.69, 9.17) is 5.11 Å². The van der Waals surface area contributed by atoms with Crippen molar-refractivity contribution in [1.82, 2.24) is 18.5 Å². The summed E-state index contributed by atoms with van der Waals surface area (Å²) in [5.41, 5.74) is 0.847. The highest BCUT2D eigenvalue weighted by Crippen LogP contribution is 2.25. The molecule has 8 nitrogen and oxygen atoms in total. The van der Waals surface area contributed by atoms with E-state index >= 15 is 0 Å². The number of benzene rings is 1. The van der Waals surface area contributed by atoms with Gasteiger partial charge in [0.1, 0.15) is 11.0 Å². The van der Waals surface area contributed by atoms with Crippen LogP contribution in [-0.4, -0.2) is 52.1 Å². The first-order valence-electron chi connectivity index (χ1n) is 6.25. The fraction of sp³-hybridized carbons (Fsp3) is 0.154. The van der Waals surface area contributed by atoms with E-state index < -0.39 is 16.2 Å². The first-order chi connectivity index (χ1) is 10.3. The quantitative estimate of drug-likeness (QED) is 0.770. The van der Waals surface area contributed by atoms with Crippen molar-refractivity contribution in [2.24, 2.45) is 0 Å². The van der Waals surface area contributed by atoms with Gasteiger partial charge in [-0.3, -0.25) is 4.98 Å². The first kappa shape index (κ1) is 14.4. The Morgan fingerprint density at radius 2 is 2.00 bits per heavy atom. The summed E-state index contributed by atoms with van der Waals surface area (Å²) in [5, 5.41) is 14.0. The van der Waals surface area contributed by atoms with Crippen molar-refractivity contribution >= 4 is 38.0 Å². The van der Waals surface area contributed by atoms with E-state index in [0.29, 0.717) is 21.8 Å². The number of rotatable bonds is 3. The van der Waals surface area contributed by atoms with Gasteiger partial charge in [-0.1, -0.05) is 6.07 Å². The van der Waals surface area contributed by atoms with Gasteiger partial charge in [-0.05, 0) is 12.1 Å². The minimum Gasteiger partial charge on any atom is -0.478 e. The molecule has 2 aromatic heterocycles. The molecule has 0 aliphatic heterocycles. The van der Waals surface area contributed by atoms with Crippen molar-refractivity contribution in [3.05, 3.63) is 36.2 Å². The molecule has 1 aromatic carbocycles. The number of aromatic nitrogens is 3. The molecule has 3 aromatic rings. The van der Waals surface area contributed by atoms with Gasteiger partial charge in [0.05, 0.1) is 11.8 Å². The van der Waals surface area contributed by atoms with Crippen LogP contribution in [0.15, 0.2) is 30.6 Å². The Morgan fingerprint density at radius 3 is 2.64 bits per heavy atom. The zero-order valence-corrected chi connectivity index (χ0v) is 12.6. The molecule has 0 aliphatic carbocycles. The van der Waals surface area contributed by atoms with Crippen LogP contribution in [0.4, 0.5) is 0 Å². The van der Waals surface area contributed by atoms with Crippen LogP contribution < -0.4 is 0 Å². The SMILES string of the molecule is CN(C)S(=O)(=O)n1ncc2ncc3cc(C(=O)O)ccc3c21. The summed E-state index contributed by atoms with van der Waals surface area (Å²) in [5.74, 6) is -1.06. The lowest BCUT2D eigenvalue weighted by atomic mass is 10.1. The Kier molecular flexibility index (Phi) is 3.11. The van der Waals surface area contributed by atoms with E-state index in [-0.39, 0.29) is 5.56 Å². The number of hydrogen-bond donors (Lipinski definition) is 1. The second-order valence-corrected chi connectivity index (χ2v) is 6.85. The smallest absolute Gasteiger partial charge is 0.335 e. The van der Waals surface area contributed by atoms with Crippen LogP contribution in [0.5, 0.6) is 0 Å². The number of carboxylic acids is 1. The topological polar surface area (TPSA) is 105 Å². The van der Waals surface area contributed by atoms with Crippen molar-refractivity contribution in [3.63, 3.8) is 0 Å². The minimum absolute atomic E-state index is 0.107. The maximum Gasteiger partial charge on any atom is 0.335 e. The third kappa shape index (κ3) is 2.02. The Morgan fingerprint density at radius 1 is 1.27 bits per heavy atom. The van der Waals surface area contributed by atoms with Crippen LogP contribution in [-0.2, 0) is 10.2 Å². The molecule has 0 fully saturated rings. The van der Waals surface area contributed by atoms with Crippen molar-refractivity contribution in [2.75, 3.05) is 14.1 Å². The average molecular weight is 320 g/mol. The molecule has 0 radical (unpaired) electrons. The summed E-state index contributed by atoms with van der Waals surface area (Å²) < 4.78 is 26.6. The van der Waals surface area contributed by atoms with E-state index in [9.17, 15) is 13.2 Å². The van der Waals surface area contributed by atoms with Gasteiger partial charge in [0.2, 0.25) is 0 Å². The summed E-state index contributed by atoms with van der Waals surface area (Å²) in [6, 6.07) is 4.43. The van der Waals surface area contributed by atoms with E-state index in [1.165, 1.54) is 38.6 Å². The van der Waals surface area contributed by atoms with Gasteiger partial charge < -0.3 is 5.11 Å². The minimum atomic E-state index is -3.80. The van der Waals surface area contributed by atoms with Gasteiger partial charge in [0, 0.05) is 31.1 Å². The fourth-order valence-electron chi connectivity index (χ4n) is 2.15. The Hall–Kier alpha value is -2.52. The molecule has 2 heterocycles. The molecule has 0 spiro atoms. The maximum absolute atomic E-state index is 12.3. The van der Waals surface area contributed by atoms with Crippen LogP contribution in [0, 0.1) is 0 Å². The second kappa shape index (κ2) is 4.75. The molecule has 0 atom stereocenters. The van der Waals surface area contributed by atoms with Crippen LogP contribution in [0.2, 0.25) is 0 Å². The van der Waals surface area contributed by atoms with Gasteiger partial charge in [-0.2, -0.15) is 17.8 Å². The first-order valence-corrected chi connectivity index (χ1v) is 7.65. The highest BCUT2D eigenvalue weighted by atomic mass is 32.2. The second-order valence-electron chi connectivity index (χ2n) is 4.88. The van der Waals surface area contributed by atoms with E-state index in [0.717, 1.165) is 8.39 Å². The molecule has 0 saturated heterocycles. The predicted octanol–water partition coefficient (Wildman–Crippen LogP) is 0.937. The summed E-state index contributed by atoms with van der Waals surface area (Å²) >= 11 is 0. The largest absolute Gasteiger partial charge is 0.478 e. The van der Waals surface area contributed by atoms with Crippen molar-refractivity contribution in [2.45, 2.75) is 0 Å². The Labute approximate surface area is 125 Å². The molecular formula is C13H12N4O4S. The molecule has 0 bridgehead atoms. The predicted molar refractivity (Wildman–Crippen MR) is 80.0 cm³/mol. The van der Waals surface area contributed by atoms with E-state index in [1.54, 1.807) is 6.07 Å². The molecule has 114 valence electrons. The van der Waals surface area contributed by atoms with Crippen LogP contribution in [0.1, 0.15) is 10.4 Å². The standard InChI is InChI=1S/C13H12N4O4S/c1-16(2)22(20,21)17-12-10-4-3-8(13(18)19)5-9(10)6-14-11(12)7-15-17/h3-7H,1-2H3,(H,18,19). The average Bonchev–Trinajstić information content (AvgIpc) is 2.91. The number of aromatic carboxylic acids is 1. The van der Waals surface area contributed by atoms with Gasteiger partial charge in [0.15, 0.2) is 0 Å². The van der Waals surface area contributed by atoms with Gasteiger partial charge in [-0.15, -0.1) is 4.09 Å². The Bertz CT molecular complexity index is 1010. The molecule has 0 amide bonds. The molecule has 0 aliphatic rings. The van der Waals surface area contributed by atoms with Crippen molar-refractivity contribution < 1.29 is 18.3 Å². The number of hydrogen-bond acceptors (Lipinski definition) is 5. The third-order valence-electron chi connectivity index (χ3n) is 3.30. The van der Waals surface area contributed by atoms with Gasteiger partial charge in [-0.25, -0.2) is 4.79 Å². The summed E-state index contributed by atoms with van der Waals surface area (Å²) in [6.45, 7) is 0.